The van der Waals surface area contributed by atoms with Crippen molar-refractivity contribution in [1.82, 2.24) is 10.2 Å². The molecule has 1 rings (SSSR count). The normalized spacial score (nSPS) is 11.4. The molecule has 0 aliphatic carbocycles. The van der Waals surface area contributed by atoms with Crippen molar-refractivity contribution in [3.63, 3.8) is 0 Å². The first-order chi connectivity index (χ1) is 10.7. The minimum Gasteiger partial charge on any atom is -0.497 e. The van der Waals surface area contributed by atoms with Crippen LogP contribution in [-0.2, 0) is 6.42 Å². The number of methoxy groups -OCH3 is 1. The first kappa shape index (κ1) is 18.3. The van der Waals surface area contributed by atoms with Crippen LogP contribution in [0.1, 0.15) is 38.7 Å². The minimum absolute atomic E-state index is 0.843. The van der Waals surface area contributed by atoms with Crippen LogP contribution in [0.25, 0.3) is 0 Å². The highest BCUT2D eigenvalue weighted by Gasteiger charge is 2.04. The van der Waals surface area contributed by atoms with Gasteiger partial charge in [-0.2, -0.15) is 0 Å². The van der Waals surface area contributed by atoms with Crippen molar-refractivity contribution in [2.24, 2.45) is 4.99 Å². The van der Waals surface area contributed by atoms with E-state index in [1.54, 1.807) is 7.11 Å². The molecule has 0 aliphatic rings. The lowest BCUT2D eigenvalue weighted by atomic mass is 10.1. The quantitative estimate of drug-likeness (QED) is 0.432. The number of hydrogen-bond donors (Lipinski definition) is 1. The van der Waals surface area contributed by atoms with Gasteiger partial charge in [-0.1, -0.05) is 25.5 Å². The lowest BCUT2D eigenvalue weighted by Gasteiger charge is -2.21. The Morgan fingerprint density at radius 1 is 1.27 bits per heavy atom. The average molecular weight is 305 g/mol. The van der Waals surface area contributed by atoms with Crippen LogP contribution < -0.4 is 10.1 Å². The zero-order valence-corrected chi connectivity index (χ0v) is 14.6. The molecule has 0 atom stereocenters. The van der Waals surface area contributed by atoms with E-state index in [-0.39, 0.29) is 0 Å². The van der Waals surface area contributed by atoms with Crippen molar-refractivity contribution < 1.29 is 4.74 Å². The zero-order chi connectivity index (χ0) is 16.2. The summed E-state index contributed by atoms with van der Waals surface area (Å²) in [7, 11) is 3.82. The molecule has 22 heavy (non-hydrogen) atoms. The lowest BCUT2D eigenvalue weighted by molar-refractivity contribution is 0.414. The maximum atomic E-state index is 5.26. The second-order valence-corrected chi connectivity index (χ2v) is 5.47. The van der Waals surface area contributed by atoms with E-state index in [9.17, 15) is 0 Å². The molecule has 0 amide bonds. The summed E-state index contributed by atoms with van der Waals surface area (Å²) in [4.78, 5) is 6.94. The Hall–Kier alpha value is -1.71. The van der Waals surface area contributed by atoms with Gasteiger partial charge in [0, 0.05) is 26.7 Å². The van der Waals surface area contributed by atoms with E-state index in [1.165, 1.54) is 18.4 Å². The van der Waals surface area contributed by atoms with Gasteiger partial charge in [-0.15, -0.1) is 0 Å². The molecule has 4 nitrogen and oxygen atoms in total. The summed E-state index contributed by atoms with van der Waals surface area (Å²) in [6.07, 6.45) is 4.48. The summed E-state index contributed by atoms with van der Waals surface area (Å²) in [5, 5.41) is 3.36. The van der Waals surface area contributed by atoms with Crippen LogP contribution in [0, 0.1) is 0 Å². The largest absolute Gasteiger partial charge is 0.497 e. The van der Waals surface area contributed by atoms with Gasteiger partial charge in [0.2, 0.25) is 0 Å². The fourth-order valence-corrected chi connectivity index (χ4v) is 2.27. The van der Waals surface area contributed by atoms with Gasteiger partial charge in [0.15, 0.2) is 5.96 Å². The highest BCUT2D eigenvalue weighted by Crippen LogP contribution is 2.13. The molecule has 1 N–H and O–H groups in total. The van der Waals surface area contributed by atoms with Gasteiger partial charge in [0.1, 0.15) is 5.75 Å². The van der Waals surface area contributed by atoms with Crippen LogP contribution in [0.2, 0.25) is 0 Å². The van der Waals surface area contributed by atoms with E-state index < -0.39 is 0 Å². The van der Waals surface area contributed by atoms with E-state index >= 15 is 0 Å². The van der Waals surface area contributed by atoms with Crippen molar-refractivity contribution in [3.8, 4) is 5.75 Å². The van der Waals surface area contributed by atoms with E-state index in [0.29, 0.717) is 0 Å². The highest BCUT2D eigenvalue weighted by molar-refractivity contribution is 5.79. The fourth-order valence-electron chi connectivity index (χ4n) is 2.27. The Morgan fingerprint density at radius 3 is 2.77 bits per heavy atom. The van der Waals surface area contributed by atoms with E-state index in [0.717, 1.165) is 44.2 Å². The molecule has 4 heteroatoms. The highest BCUT2D eigenvalue weighted by atomic mass is 16.5. The monoisotopic (exact) mass is 305 g/mol. The van der Waals surface area contributed by atoms with Gasteiger partial charge < -0.3 is 15.0 Å². The Morgan fingerprint density at radius 2 is 2.09 bits per heavy atom. The number of guanidine groups is 1. The summed E-state index contributed by atoms with van der Waals surface area (Å²) in [6, 6.07) is 8.26. The van der Waals surface area contributed by atoms with Gasteiger partial charge in [-0.25, -0.2) is 0 Å². The molecule has 1 aromatic carbocycles. The van der Waals surface area contributed by atoms with Crippen LogP contribution >= 0.6 is 0 Å². The molecular weight excluding hydrogens is 274 g/mol. The summed E-state index contributed by atoms with van der Waals surface area (Å²) in [6.45, 7) is 7.13. The number of rotatable bonds is 9. The number of nitrogens with zero attached hydrogens (tertiary/aromatic N) is 2. The maximum Gasteiger partial charge on any atom is 0.193 e. The van der Waals surface area contributed by atoms with Gasteiger partial charge in [0.25, 0.3) is 0 Å². The molecule has 0 bridgehead atoms. The molecule has 0 heterocycles. The van der Waals surface area contributed by atoms with Crippen LogP contribution in [-0.4, -0.2) is 44.7 Å². The summed E-state index contributed by atoms with van der Waals surface area (Å²) < 4.78 is 5.26. The number of aliphatic imine (C=N–C) groups is 1. The topological polar surface area (TPSA) is 36.9 Å². The van der Waals surface area contributed by atoms with Crippen molar-refractivity contribution in [2.75, 3.05) is 33.8 Å². The Balaban J connectivity index is 2.45. The van der Waals surface area contributed by atoms with Gasteiger partial charge in [-0.05, 0) is 43.9 Å². The first-order valence-corrected chi connectivity index (χ1v) is 8.33. The van der Waals surface area contributed by atoms with E-state index in [4.69, 9.17) is 9.73 Å². The molecular formula is C18H31N3O. The molecule has 0 unspecified atom stereocenters. The molecule has 0 aromatic heterocycles. The van der Waals surface area contributed by atoms with Crippen LogP contribution in [0.3, 0.4) is 0 Å². The van der Waals surface area contributed by atoms with E-state index in [2.05, 4.69) is 43.2 Å². The van der Waals surface area contributed by atoms with Crippen molar-refractivity contribution in [2.45, 2.75) is 39.5 Å². The first-order valence-electron chi connectivity index (χ1n) is 8.33. The second-order valence-electron chi connectivity index (χ2n) is 5.47. The summed E-state index contributed by atoms with van der Waals surface area (Å²) in [5.41, 5.74) is 1.30. The average Bonchev–Trinajstić information content (AvgIpc) is 2.55. The van der Waals surface area contributed by atoms with Gasteiger partial charge in [0.05, 0.1) is 7.11 Å². The van der Waals surface area contributed by atoms with E-state index in [1.807, 2.05) is 12.1 Å². The van der Waals surface area contributed by atoms with Gasteiger partial charge >= 0.3 is 0 Å². The predicted molar refractivity (Wildman–Crippen MR) is 94.8 cm³/mol. The Bertz CT molecular complexity index is 446. The molecule has 0 saturated carbocycles. The third-order valence-electron chi connectivity index (χ3n) is 3.56. The summed E-state index contributed by atoms with van der Waals surface area (Å²) >= 11 is 0. The van der Waals surface area contributed by atoms with Crippen molar-refractivity contribution >= 4 is 5.96 Å². The number of unbranched alkanes of at least 4 members (excludes halogenated alkanes) is 1. The summed E-state index contributed by atoms with van der Waals surface area (Å²) in [5.74, 6) is 1.94. The number of hydrogen-bond acceptors (Lipinski definition) is 2. The predicted octanol–water partition coefficient (Wildman–Crippen LogP) is 3.33. The molecule has 124 valence electrons. The minimum atomic E-state index is 0.843. The second kappa shape index (κ2) is 10.9. The molecule has 0 radical (unpaired) electrons. The van der Waals surface area contributed by atoms with Crippen molar-refractivity contribution in [3.05, 3.63) is 29.8 Å². The third kappa shape index (κ3) is 6.83. The number of aryl methyl sites for hydroxylation is 1. The van der Waals surface area contributed by atoms with Crippen LogP contribution in [0.15, 0.2) is 29.3 Å². The zero-order valence-electron chi connectivity index (χ0n) is 14.6. The van der Waals surface area contributed by atoms with Gasteiger partial charge in [-0.3, -0.25) is 4.99 Å². The Kier molecular flexibility index (Phi) is 9.12. The number of ether oxygens (including phenoxy) is 1. The van der Waals surface area contributed by atoms with Crippen LogP contribution in [0.5, 0.6) is 5.75 Å². The maximum absolute atomic E-state index is 5.26. The molecule has 0 spiro atoms. The molecule has 0 aliphatic heterocycles. The van der Waals surface area contributed by atoms with Crippen LogP contribution in [0.4, 0.5) is 0 Å². The SMILES string of the molecule is CCCCN(C)C(=NCCCc1cccc(OC)c1)NCC. The fraction of sp³-hybridized carbons (Fsp3) is 0.611. The lowest BCUT2D eigenvalue weighted by Crippen LogP contribution is -2.39. The van der Waals surface area contributed by atoms with Crippen molar-refractivity contribution in [1.29, 1.82) is 0 Å². The number of nitrogens with one attached hydrogen (secondary N) is 1. The third-order valence-corrected chi connectivity index (χ3v) is 3.56. The Labute approximate surface area is 135 Å². The smallest absolute Gasteiger partial charge is 0.193 e. The molecule has 1 aromatic rings. The number of benzene rings is 1. The molecule has 0 saturated heterocycles. The molecule has 0 fully saturated rings. The standard InChI is InChI=1S/C18H31N3O/c1-5-7-14-21(3)18(19-6-2)20-13-9-11-16-10-8-12-17(15-16)22-4/h8,10,12,15H,5-7,9,11,13-14H2,1-4H3,(H,19,20).